The minimum absolute atomic E-state index is 0.225. The van der Waals surface area contributed by atoms with Crippen molar-refractivity contribution in [2.45, 2.75) is 26.2 Å². The highest BCUT2D eigenvalue weighted by Gasteiger charge is 2.24. The van der Waals surface area contributed by atoms with E-state index in [1.807, 2.05) is 13.0 Å². The van der Waals surface area contributed by atoms with Crippen LogP contribution < -0.4 is 4.72 Å². The number of hydrogen-bond acceptors (Lipinski definition) is 3. The number of anilines is 1. The van der Waals surface area contributed by atoms with Crippen LogP contribution in [0.25, 0.3) is 0 Å². The van der Waals surface area contributed by atoms with Gasteiger partial charge in [-0.15, -0.1) is 0 Å². The fraction of sp³-hybridized carbons (Fsp3) is 0.545. The maximum Gasteiger partial charge on any atom is 0.234 e. The predicted octanol–water partition coefficient (Wildman–Crippen LogP) is 1.93. The first kappa shape index (κ1) is 11.4. The lowest BCUT2D eigenvalue weighted by Gasteiger charge is -2.24. The summed E-state index contributed by atoms with van der Waals surface area (Å²) in [5.74, 6) is 0.968. The normalized spacial score (nSPS) is 16.8. The van der Waals surface area contributed by atoms with E-state index in [2.05, 4.69) is 9.71 Å². The summed E-state index contributed by atoms with van der Waals surface area (Å²) in [6.45, 7) is 1.92. The van der Waals surface area contributed by atoms with E-state index in [1.165, 1.54) is 0 Å². The van der Waals surface area contributed by atoms with Crippen molar-refractivity contribution < 1.29 is 8.42 Å². The highest BCUT2D eigenvalue weighted by atomic mass is 32.2. The van der Waals surface area contributed by atoms with Crippen molar-refractivity contribution in [2.24, 2.45) is 5.92 Å². The fourth-order valence-corrected chi connectivity index (χ4v) is 3.18. The maximum atomic E-state index is 11.7. The molecule has 1 fully saturated rings. The lowest BCUT2D eigenvalue weighted by Crippen LogP contribution is -2.26. The van der Waals surface area contributed by atoms with Crippen molar-refractivity contribution in [1.82, 2.24) is 4.98 Å². The number of nitrogens with zero attached hydrogens (tertiary/aromatic N) is 1. The average Bonchev–Trinajstić information content (AvgIpc) is 2.16. The molecule has 5 heteroatoms. The number of hydrogen-bond donors (Lipinski definition) is 1. The van der Waals surface area contributed by atoms with E-state index in [4.69, 9.17) is 0 Å². The molecule has 2 rings (SSSR count). The molecule has 1 aliphatic rings. The summed E-state index contributed by atoms with van der Waals surface area (Å²) >= 11 is 0. The lowest BCUT2D eigenvalue weighted by atomic mass is 9.87. The molecule has 1 heterocycles. The monoisotopic (exact) mass is 240 g/mol. The molecule has 0 unspecified atom stereocenters. The standard InChI is InChI=1S/C11H16N2O2S/c1-9-5-6-11(12-7-9)13-16(14,15)8-10-3-2-4-10/h5-7,10H,2-4,8H2,1H3,(H,12,13). The summed E-state index contributed by atoms with van der Waals surface area (Å²) in [4.78, 5) is 4.02. The van der Waals surface area contributed by atoms with Crippen molar-refractivity contribution in [3.63, 3.8) is 0 Å². The first-order valence-electron chi connectivity index (χ1n) is 5.48. The number of pyridine rings is 1. The Hall–Kier alpha value is -1.10. The van der Waals surface area contributed by atoms with Gasteiger partial charge in [0.05, 0.1) is 5.75 Å². The van der Waals surface area contributed by atoms with Crippen LogP contribution in [0.5, 0.6) is 0 Å². The van der Waals surface area contributed by atoms with Gasteiger partial charge < -0.3 is 0 Å². The quantitative estimate of drug-likeness (QED) is 0.874. The third-order valence-corrected chi connectivity index (χ3v) is 4.28. The van der Waals surface area contributed by atoms with E-state index >= 15 is 0 Å². The van der Waals surface area contributed by atoms with Crippen LogP contribution in [0.15, 0.2) is 18.3 Å². The zero-order valence-corrected chi connectivity index (χ0v) is 10.1. The molecule has 0 saturated heterocycles. The lowest BCUT2D eigenvalue weighted by molar-refractivity contribution is 0.347. The van der Waals surface area contributed by atoms with Gasteiger partial charge in [-0.25, -0.2) is 13.4 Å². The van der Waals surface area contributed by atoms with Gasteiger partial charge in [-0.05, 0) is 37.3 Å². The van der Waals surface area contributed by atoms with Crippen LogP contribution in [0.1, 0.15) is 24.8 Å². The second kappa shape index (κ2) is 4.41. The topological polar surface area (TPSA) is 59.1 Å². The SMILES string of the molecule is Cc1ccc(NS(=O)(=O)CC2CCC2)nc1. The molecule has 0 aromatic carbocycles. The molecule has 0 bridgehead atoms. The zero-order valence-electron chi connectivity index (χ0n) is 9.31. The van der Waals surface area contributed by atoms with Crippen LogP contribution in [0.3, 0.4) is 0 Å². The van der Waals surface area contributed by atoms with E-state index in [0.717, 1.165) is 24.8 Å². The number of nitrogens with one attached hydrogen (secondary N) is 1. The summed E-state index contributed by atoms with van der Waals surface area (Å²) in [6, 6.07) is 3.53. The number of sulfonamides is 1. The molecule has 1 N–H and O–H groups in total. The minimum atomic E-state index is -3.22. The molecule has 0 atom stereocenters. The summed E-state index contributed by atoms with van der Waals surface area (Å²) < 4.78 is 26.0. The van der Waals surface area contributed by atoms with Gasteiger partial charge >= 0.3 is 0 Å². The third-order valence-electron chi connectivity index (χ3n) is 2.85. The van der Waals surface area contributed by atoms with Gasteiger partial charge in [0.25, 0.3) is 0 Å². The van der Waals surface area contributed by atoms with Crippen LogP contribution >= 0.6 is 0 Å². The van der Waals surface area contributed by atoms with Crippen molar-refractivity contribution in [2.75, 3.05) is 10.5 Å². The molecule has 16 heavy (non-hydrogen) atoms. The van der Waals surface area contributed by atoms with E-state index in [1.54, 1.807) is 12.3 Å². The molecule has 1 saturated carbocycles. The average molecular weight is 240 g/mol. The molecule has 0 amide bonds. The first-order chi connectivity index (χ1) is 7.55. The van der Waals surface area contributed by atoms with Crippen LogP contribution in [0.2, 0.25) is 0 Å². The second-order valence-electron chi connectivity index (χ2n) is 4.40. The molecule has 0 radical (unpaired) electrons. The largest absolute Gasteiger partial charge is 0.267 e. The number of rotatable bonds is 4. The van der Waals surface area contributed by atoms with Crippen LogP contribution in [-0.2, 0) is 10.0 Å². The summed E-state index contributed by atoms with van der Waals surface area (Å²) in [5, 5.41) is 0. The molecule has 4 nitrogen and oxygen atoms in total. The van der Waals surface area contributed by atoms with E-state index < -0.39 is 10.0 Å². The maximum absolute atomic E-state index is 11.7. The molecule has 0 aliphatic heterocycles. The van der Waals surface area contributed by atoms with Crippen LogP contribution in [-0.4, -0.2) is 19.2 Å². The summed E-state index contributed by atoms with van der Waals surface area (Å²) in [7, 11) is -3.22. The summed E-state index contributed by atoms with van der Waals surface area (Å²) in [6.07, 6.45) is 4.87. The molecular formula is C11H16N2O2S. The summed E-state index contributed by atoms with van der Waals surface area (Å²) in [5.41, 5.74) is 1.02. The molecule has 0 spiro atoms. The van der Waals surface area contributed by atoms with Gasteiger partial charge in [0, 0.05) is 6.20 Å². The molecule has 1 aromatic rings. The van der Waals surface area contributed by atoms with E-state index in [0.29, 0.717) is 11.7 Å². The minimum Gasteiger partial charge on any atom is -0.267 e. The van der Waals surface area contributed by atoms with Crippen molar-refractivity contribution >= 4 is 15.8 Å². The Morgan fingerprint density at radius 2 is 2.19 bits per heavy atom. The highest BCUT2D eigenvalue weighted by molar-refractivity contribution is 7.92. The molecular weight excluding hydrogens is 224 g/mol. The van der Waals surface area contributed by atoms with Crippen LogP contribution in [0.4, 0.5) is 5.82 Å². The van der Waals surface area contributed by atoms with Gasteiger partial charge in [0.1, 0.15) is 5.82 Å². The van der Waals surface area contributed by atoms with Crippen LogP contribution in [0, 0.1) is 12.8 Å². The van der Waals surface area contributed by atoms with E-state index in [9.17, 15) is 8.42 Å². The highest BCUT2D eigenvalue weighted by Crippen LogP contribution is 2.27. The van der Waals surface area contributed by atoms with Crippen molar-refractivity contribution in [3.8, 4) is 0 Å². The Bertz CT molecular complexity index is 449. The zero-order chi connectivity index (χ0) is 11.6. The first-order valence-corrected chi connectivity index (χ1v) is 7.13. The van der Waals surface area contributed by atoms with Gasteiger partial charge in [0.2, 0.25) is 10.0 Å². The second-order valence-corrected chi connectivity index (χ2v) is 6.17. The molecule has 1 aliphatic carbocycles. The Labute approximate surface area is 96.1 Å². The van der Waals surface area contributed by atoms with Gasteiger partial charge in [0.15, 0.2) is 0 Å². The fourth-order valence-electron chi connectivity index (χ4n) is 1.70. The molecule has 1 aromatic heterocycles. The number of aromatic nitrogens is 1. The van der Waals surface area contributed by atoms with Gasteiger partial charge in [-0.3, -0.25) is 4.72 Å². The number of aryl methyl sites for hydroxylation is 1. The molecule has 88 valence electrons. The Morgan fingerprint density at radius 1 is 1.44 bits per heavy atom. The third kappa shape index (κ3) is 2.95. The van der Waals surface area contributed by atoms with Gasteiger partial charge in [-0.2, -0.15) is 0 Å². The van der Waals surface area contributed by atoms with E-state index in [-0.39, 0.29) is 5.75 Å². The van der Waals surface area contributed by atoms with Crippen molar-refractivity contribution in [1.29, 1.82) is 0 Å². The Morgan fingerprint density at radius 3 is 2.69 bits per heavy atom. The predicted molar refractivity (Wildman–Crippen MR) is 63.7 cm³/mol. The smallest absolute Gasteiger partial charge is 0.234 e. The van der Waals surface area contributed by atoms with Crippen molar-refractivity contribution in [3.05, 3.63) is 23.9 Å². The Kier molecular flexibility index (Phi) is 3.14. The van der Waals surface area contributed by atoms with Gasteiger partial charge in [-0.1, -0.05) is 12.5 Å². The Balaban J connectivity index is 1.99.